The zero-order valence-corrected chi connectivity index (χ0v) is 10.9. The standard InChI is InChI=1S/C4H7NS2.Mo.H2O4S/c1-2-3-5-4(6)7;;1-5(2,3)4/h2H,1,3H2,(H2,5,6,7);;(H2,1,2,3,4)/q;+1;/p-1. The minimum atomic E-state index is -4.16. The van der Waals surface area contributed by atoms with Gasteiger partial charge in [-0.25, -0.2) is 0 Å². The Labute approximate surface area is 99.6 Å². The van der Waals surface area contributed by atoms with Gasteiger partial charge in [0, 0.05) is 6.54 Å². The van der Waals surface area contributed by atoms with Crippen molar-refractivity contribution in [3.05, 3.63) is 12.7 Å². The van der Waals surface area contributed by atoms with Crippen molar-refractivity contribution in [3.8, 4) is 0 Å². The molecule has 5 nitrogen and oxygen atoms in total. The molecule has 0 aliphatic rings. The molecule has 13 heavy (non-hydrogen) atoms. The van der Waals surface area contributed by atoms with Crippen molar-refractivity contribution in [2.75, 3.05) is 6.54 Å². The summed E-state index contributed by atoms with van der Waals surface area (Å²) < 4.78 is 30.2. The summed E-state index contributed by atoms with van der Waals surface area (Å²) in [5.41, 5.74) is 0. The van der Waals surface area contributed by atoms with Crippen LogP contribution in [0.2, 0.25) is 0 Å². The number of hydrogen-bond acceptors (Lipinski definition) is 4. The van der Waals surface area contributed by atoms with Crippen LogP contribution >= 0.6 is 24.8 Å². The van der Waals surface area contributed by atoms with Crippen LogP contribution in [0, 0.1) is 0 Å². The van der Waals surface area contributed by atoms with Gasteiger partial charge >= 0.3 is 46.4 Å². The molecular formula is C4H8MoNO4S3. The maximum absolute atomic E-state index is 9.34. The van der Waals surface area contributed by atoms with Crippen LogP contribution in [0.15, 0.2) is 12.7 Å². The van der Waals surface area contributed by atoms with Crippen LogP contribution in [0.3, 0.4) is 0 Å². The SMILES string of the molecule is C=CCNC(=S)S.O=S(=O)(O)[O][Mo]. The fourth-order valence-electron chi connectivity index (χ4n) is 0.159. The second-order valence-corrected chi connectivity index (χ2v) is 4.62. The van der Waals surface area contributed by atoms with E-state index in [-0.39, 0.29) is 0 Å². The molecule has 0 atom stereocenters. The van der Waals surface area contributed by atoms with E-state index in [1.54, 1.807) is 6.08 Å². The van der Waals surface area contributed by atoms with Gasteiger partial charge in [-0.15, -0.1) is 19.2 Å². The van der Waals surface area contributed by atoms with Crippen molar-refractivity contribution in [2.24, 2.45) is 0 Å². The van der Waals surface area contributed by atoms with Gasteiger partial charge in [-0.05, 0) is 0 Å². The third-order valence-corrected chi connectivity index (χ3v) is 2.23. The molecule has 0 rings (SSSR count). The molecule has 0 bridgehead atoms. The summed E-state index contributed by atoms with van der Waals surface area (Å²) >= 11 is 9.18. The maximum atomic E-state index is 9.34. The molecule has 0 fully saturated rings. The van der Waals surface area contributed by atoms with Gasteiger partial charge in [-0.1, -0.05) is 18.3 Å². The summed E-state index contributed by atoms with van der Waals surface area (Å²) in [5.74, 6) is 0. The number of thiocarbonyl (C=S) groups is 1. The molecular weight excluding hydrogens is 318 g/mol. The summed E-state index contributed by atoms with van der Waals surface area (Å²) in [6.45, 7) is 4.17. The Hall–Kier alpha value is 0.538. The Kier molecular flexibility index (Phi) is 11.2. The van der Waals surface area contributed by atoms with E-state index in [2.05, 4.69) is 39.6 Å². The first kappa shape index (κ1) is 16.0. The molecule has 0 amide bonds. The quantitative estimate of drug-likeness (QED) is 0.227. The second-order valence-electron chi connectivity index (χ2n) is 1.47. The van der Waals surface area contributed by atoms with Crippen molar-refractivity contribution in [2.45, 2.75) is 0 Å². The van der Waals surface area contributed by atoms with E-state index in [4.69, 9.17) is 4.55 Å². The van der Waals surface area contributed by atoms with E-state index in [0.29, 0.717) is 10.9 Å². The van der Waals surface area contributed by atoms with Crippen LogP contribution in [-0.4, -0.2) is 23.8 Å². The Balaban J connectivity index is 0. The summed E-state index contributed by atoms with van der Waals surface area (Å²) in [4.78, 5) is 0. The summed E-state index contributed by atoms with van der Waals surface area (Å²) in [5, 5.41) is 2.77. The predicted octanol–water partition coefficient (Wildman–Crippen LogP) is 0.244. The van der Waals surface area contributed by atoms with Gasteiger partial charge in [-0.2, -0.15) is 0 Å². The Morgan fingerprint density at radius 3 is 2.31 bits per heavy atom. The average molecular weight is 326 g/mol. The van der Waals surface area contributed by atoms with Crippen LogP contribution < -0.4 is 5.32 Å². The Morgan fingerprint density at radius 2 is 2.23 bits per heavy atom. The van der Waals surface area contributed by atoms with Gasteiger partial charge in [-0.3, -0.25) is 0 Å². The Morgan fingerprint density at radius 1 is 1.85 bits per heavy atom. The molecule has 0 aromatic carbocycles. The zero-order valence-electron chi connectivity index (χ0n) is 6.34. The molecule has 2 N–H and O–H groups in total. The van der Waals surface area contributed by atoms with Crippen molar-refractivity contribution < 1.29 is 36.0 Å². The molecule has 0 aromatic rings. The average Bonchev–Trinajstić information content (AvgIpc) is 2.01. The fourth-order valence-corrected chi connectivity index (χ4v) is 0.334. The van der Waals surface area contributed by atoms with E-state index in [1.165, 1.54) is 0 Å². The Bertz CT molecular complexity index is 252. The van der Waals surface area contributed by atoms with Crippen molar-refractivity contribution in [3.63, 3.8) is 0 Å². The number of rotatable bonds is 3. The fraction of sp³-hybridized carbons (Fsp3) is 0.250. The van der Waals surface area contributed by atoms with Crippen LogP contribution in [0.25, 0.3) is 0 Å². The van der Waals surface area contributed by atoms with Gasteiger partial charge in [0.2, 0.25) is 0 Å². The number of hydrogen-bond donors (Lipinski definition) is 3. The van der Waals surface area contributed by atoms with E-state index in [9.17, 15) is 8.42 Å². The van der Waals surface area contributed by atoms with E-state index < -0.39 is 10.4 Å². The summed E-state index contributed by atoms with van der Waals surface area (Å²) in [6, 6.07) is 0. The molecule has 0 aliphatic carbocycles. The van der Waals surface area contributed by atoms with Gasteiger partial charge in [0.05, 0.1) is 0 Å². The topological polar surface area (TPSA) is 75.6 Å². The van der Waals surface area contributed by atoms with Gasteiger partial charge in [0.15, 0.2) is 0 Å². The molecule has 0 heterocycles. The van der Waals surface area contributed by atoms with E-state index in [1.807, 2.05) is 0 Å². The van der Waals surface area contributed by atoms with E-state index >= 15 is 0 Å². The minimum absolute atomic E-state index is 0.514. The number of thiol groups is 1. The van der Waals surface area contributed by atoms with Crippen LogP contribution in [0.5, 0.6) is 0 Å². The molecule has 77 valence electrons. The molecule has 0 saturated heterocycles. The molecule has 0 aliphatic heterocycles. The first-order chi connectivity index (χ1) is 5.83. The molecule has 9 heteroatoms. The molecule has 0 saturated carbocycles. The van der Waals surface area contributed by atoms with Crippen molar-refractivity contribution in [1.82, 2.24) is 5.32 Å². The van der Waals surface area contributed by atoms with Crippen LogP contribution in [-0.2, 0) is 33.4 Å². The van der Waals surface area contributed by atoms with Crippen LogP contribution in [0.4, 0.5) is 0 Å². The summed E-state index contributed by atoms with van der Waals surface area (Å²) in [7, 11) is -4.16. The third-order valence-electron chi connectivity index (χ3n) is 0.484. The molecule has 0 radical (unpaired) electrons. The number of nitrogens with one attached hydrogen (secondary N) is 1. The van der Waals surface area contributed by atoms with Gasteiger partial charge < -0.3 is 5.32 Å². The van der Waals surface area contributed by atoms with Crippen molar-refractivity contribution >= 4 is 39.6 Å². The first-order valence-electron chi connectivity index (χ1n) is 2.70. The first-order valence-corrected chi connectivity index (χ1v) is 5.74. The second kappa shape index (κ2) is 9.11. The zero-order chi connectivity index (χ0) is 10.9. The molecule has 0 spiro atoms. The predicted molar refractivity (Wildman–Crippen MR) is 52.4 cm³/mol. The molecule has 0 unspecified atom stereocenters. The van der Waals surface area contributed by atoms with E-state index in [0.717, 1.165) is 20.2 Å². The summed E-state index contributed by atoms with van der Waals surface area (Å²) in [6.07, 6.45) is 1.72. The van der Waals surface area contributed by atoms with Gasteiger partial charge in [0.1, 0.15) is 4.32 Å². The van der Waals surface area contributed by atoms with Gasteiger partial charge in [0.25, 0.3) is 0 Å². The van der Waals surface area contributed by atoms with Crippen molar-refractivity contribution in [1.29, 1.82) is 0 Å². The normalized spacial score (nSPS) is 9.38. The monoisotopic (exact) mass is 328 g/mol. The third kappa shape index (κ3) is 24.5. The van der Waals surface area contributed by atoms with Crippen LogP contribution in [0.1, 0.15) is 0 Å². The molecule has 0 aromatic heterocycles.